The van der Waals surface area contributed by atoms with Crippen LogP contribution in [0.1, 0.15) is 22.7 Å². The van der Waals surface area contributed by atoms with Gasteiger partial charge in [0, 0.05) is 24.1 Å². The third-order valence-corrected chi connectivity index (χ3v) is 6.88. The maximum absolute atomic E-state index is 12.8. The van der Waals surface area contributed by atoms with Crippen molar-refractivity contribution < 1.29 is 9.59 Å². The molecule has 158 valence electrons. The molecule has 3 N–H and O–H groups in total. The van der Waals surface area contributed by atoms with Crippen LogP contribution in [-0.4, -0.2) is 31.9 Å². The molecular formula is C20H23N5O3S2. The fourth-order valence-corrected chi connectivity index (χ4v) is 5.18. The van der Waals surface area contributed by atoms with Crippen LogP contribution in [0, 0.1) is 13.8 Å². The molecule has 0 saturated heterocycles. The van der Waals surface area contributed by atoms with Crippen LogP contribution in [0.4, 0.5) is 5.69 Å². The van der Waals surface area contributed by atoms with Gasteiger partial charge in [-0.2, -0.15) is 0 Å². The molecule has 3 aromatic rings. The zero-order valence-corrected chi connectivity index (χ0v) is 18.6. The number of carbonyl (C=O) groups is 2. The molecule has 2 amide bonds. The lowest BCUT2D eigenvalue weighted by molar-refractivity contribution is -0.117. The molecule has 0 unspecified atom stereocenters. The molecule has 2 heterocycles. The molecular weight excluding hydrogens is 422 g/mol. The predicted octanol–water partition coefficient (Wildman–Crippen LogP) is 2.40. The number of hydrogen-bond acceptors (Lipinski definition) is 6. The van der Waals surface area contributed by atoms with Gasteiger partial charge in [-0.1, -0.05) is 30.0 Å². The summed E-state index contributed by atoms with van der Waals surface area (Å²) in [6.07, 6.45) is 0.402. The third-order valence-electron chi connectivity index (χ3n) is 4.58. The highest BCUT2D eigenvalue weighted by Crippen LogP contribution is 2.28. The van der Waals surface area contributed by atoms with Crippen molar-refractivity contribution in [1.82, 2.24) is 14.3 Å². The average molecular weight is 446 g/mol. The summed E-state index contributed by atoms with van der Waals surface area (Å²) in [7, 11) is 1.78. The van der Waals surface area contributed by atoms with E-state index in [0.29, 0.717) is 11.4 Å². The number of hydrogen-bond donors (Lipinski definition) is 2. The second kappa shape index (κ2) is 9.31. The highest BCUT2D eigenvalue weighted by Gasteiger charge is 2.18. The summed E-state index contributed by atoms with van der Waals surface area (Å²) in [5.41, 5.74) is 7.45. The van der Waals surface area contributed by atoms with Gasteiger partial charge in [0.2, 0.25) is 11.8 Å². The van der Waals surface area contributed by atoms with E-state index in [4.69, 9.17) is 5.73 Å². The van der Waals surface area contributed by atoms with Crippen LogP contribution >= 0.6 is 23.1 Å². The number of carbonyl (C=O) groups excluding carboxylic acids is 2. The van der Waals surface area contributed by atoms with Crippen molar-refractivity contribution in [2.75, 3.05) is 11.1 Å². The average Bonchev–Trinajstić information content (AvgIpc) is 3.14. The fourth-order valence-electron chi connectivity index (χ4n) is 2.93. The molecule has 2 aromatic heterocycles. The Balaban J connectivity index is 1.63. The van der Waals surface area contributed by atoms with Gasteiger partial charge in [0.05, 0.1) is 23.5 Å². The second-order valence-corrected chi connectivity index (χ2v) is 9.14. The normalized spacial score (nSPS) is 10.9. The SMILES string of the molecule is Cc1nc(SCCC(=O)Nc2c(C)n(C)n(-c3ccccc3)c2=O)sc1CC(N)=O. The van der Waals surface area contributed by atoms with Crippen LogP contribution in [0.15, 0.2) is 39.5 Å². The van der Waals surface area contributed by atoms with Gasteiger partial charge in [-0.25, -0.2) is 9.67 Å². The van der Waals surface area contributed by atoms with Crippen molar-refractivity contribution in [2.24, 2.45) is 12.8 Å². The Kier molecular flexibility index (Phi) is 6.78. The number of nitrogens with one attached hydrogen (secondary N) is 1. The maximum atomic E-state index is 12.8. The summed E-state index contributed by atoms with van der Waals surface area (Å²) in [5, 5.41) is 2.75. The molecule has 30 heavy (non-hydrogen) atoms. The number of nitrogens with two attached hydrogens (primary N) is 1. The van der Waals surface area contributed by atoms with Gasteiger partial charge < -0.3 is 11.1 Å². The fraction of sp³-hybridized carbons (Fsp3) is 0.300. The molecule has 0 atom stereocenters. The van der Waals surface area contributed by atoms with E-state index in [1.54, 1.807) is 18.7 Å². The van der Waals surface area contributed by atoms with E-state index >= 15 is 0 Å². The quantitative estimate of drug-likeness (QED) is 0.517. The van der Waals surface area contributed by atoms with E-state index in [1.165, 1.54) is 27.8 Å². The number of rotatable bonds is 8. The molecule has 0 fully saturated rings. The van der Waals surface area contributed by atoms with Crippen molar-refractivity contribution in [3.63, 3.8) is 0 Å². The third kappa shape index (κ3) is 4.82. The Morgan fingerprint density at radius 3 is 2.60 bits per heavy atom. The summed E-state index contributed by atoms with van der Waals surface area (Å²) in [6, 6.07) is 9.27. The highest BCUT2D eigenvalue weighted by atomic mass is 32.2. The van der Waals surface area contributed by atoms with E-state index in [9.17, 15) is 14.4 Å². The molecule has 8 nitrogen and oxygen atoms in total. The summed E-state index contributed by atoms with van der Waals surface area (Å²) < 4.78 is 4.04. The lowest BCUT2D eigenvalue weighted by Crippen LogP contribution is -2.23. The smallest absolute Gasteiger partial charge is 0.295 e. The van der Waals surface area contributed by atoms with Gasteiger partial charge in [0.15, 0.2) is 0 Å². The van der Waals surface area contributed by atoms with Crippen LogP contribution in [0.25, 0.3) is 5.69 Å². The zero-order valence-electron chi connectivity index (χ0n) is 17.0. The van der Waals surface area contributed by atoms with Crippen molar-refractivity contribution in [3.8, 4) is 5.69 Å². The molecule has 0 spiro atoms. The Morgan fingerprint density at radius 2 is 1.93 bits per heavy atom. The number of thioether (sulfide) groups is 1. The van der Waals surface area contributed by atoms with E-state index < -0.39 is 5.91 Å². The number of aromatic nitrogens is 3. The minimum atomic E-state index is -0.392. The Labute approximate surface area is 182 Å². The zero-order chi connectivity index (χ0) is 21.8. The summed E-state index contributed by atoms with van der Waals surface area (Å²) >= 11 is 2.85. The highest BCUT2D eigenvalue weighted by molar-refractivity contribution is 8.01. The van der Waals surface area contributed by atoms with Gasteiger partial charge in [0.1, 0.15) is 10.0 Å². The van der Waals surface area contributed by atoms with E-state index in [-0.39, 0.29) is 30.0 Å². The topological polar surface area (TPSA) is 112 Å². The molecule has 1 aromatic carbocycles. The second-order valence-electron chi connectivity index (χ2n) is 6.71. The largest absolute Gasteiger partial charge is 0.369 e. The van der Waals surface area contributed by atoms with Crippen LogP contribution in [0.2, 0.25) is 0 Å². The molecule has 0 radical (unpaired) electrons. The van der Waals surface area contributed by atoms with Gasteiger partial charge in [-0.3, -0.25) is 19.1 Å². The molecule has 0 bridgehead atoms. The van der Waals surface area contributed by atoms with Crippen LogP contribution in [0.3, 0.4) is 0 Å². The number of thiazole rings is 1. The number of amides is 2. The standard InChI is InChI=1S/C20H23N5O3S2/c1-12-15(11-16(21)26)30-20(22-12)29-10-9-17(27)23-18-13(2)24(3)25(19(18)28)14-7-5-4-6-8-14/h4-8H,9-11H2,1-3H3,(H2,21,26)(H,23,27). The summed E-state index contributed by atoms with van der Waals surface area (Å²) in [5.74, 6) is -0.121. The molecule has 3 rings (SSSR count). The predicted molar refractivity (Wildman–Crippen MR) is 119 cm³/mol. The lowest BCUT2D eigenvalue weighted by Gasteiger charge is -2.07. The van der Waals surface area contributed by atoms with Crippen LogP contribution in [-0.2, 0) is 23.1 Å². The van der Waals surface area contributed by atoms with Crippen LogP contribution < -0.4 is 16.6 Å². The van der Waals surface area contributed by atoms with Gasteiger partial charge in [0.25, 0.3) is 5.56 Å². The Bertz CT molecular complexity index is 1130. The Hall–Kier alpha value is -2.85. The number of nitrogens with zero attached hydrogens (tertiary/aromatic N) is 3. The lowest BCUT2D eigenvalue weighted by atomic mass is 10.3. The molecule has 0 aliphatic heterocycles. The number of benzene rings is 1. The first-order valence-corrected chi connectivity index (χ1v) is 11.1. The minimum absolute atomic E-state index is 0.172. The Morgan fingerprint density at radius 1 is 1.23 bits per heavy atom. The molecule has 0 saturated carbocycles. The van der Waals surface area contributed by atoms with E-state index in [0.717, 1.165) is 20.6 Å². The van der Waals surface area contributed by atoms with E-state index in [2.05, 4.69) is 10.3 Å². The van der Waals surface area contributed by atoms with E-state index in [1.807, 2.05) is 37.3 Å². The summed E-state index contributed by atoms with van der Waals surface area (Å²) in [6.45, 7) is 3.63. The number of aryl methyl sites for hydroxylation is 1. The van der Waals surface area contributed by atoms with Crippen molar-refractivity contribution in [1.29, 1.82) is 0 Å². The number of anilines is 1. The van der Waals surface area contributed by atoms with Gasteiger partial charge in [-0.05, 0) is 26.0 Å². The monoisotopic (exact) mass is 445 g/mol. The first kappa shape index (κ1) is 21.8. The molecule has 10 heteroatoms. The van der Waals surface area contributed by atoms with Gasteiger partial charge >= 0.3 is 0 Å². The first-order chi connectivity index (χ1) is 14.3. The number of para-hydroxylation sites is 1. The number of primary amides is 1. The molecule has 0 aliphatic carbocycles. The van der Waals surface area contributed by atoms with Gasteiger partial charge in [-0.15, -0.1) is 11.3 Å². The van der Waals surface area contributed by atoms with Crippen molar-refractivity contribution in [2.45, 2.75) is 31.0 Å². The first-order valence-electron chi connectivity index (χ1n) is 9.29. The molecule has 0 aliphatic rings. The van der Waals surface area contributed by atoms with Crippen LogP contribution in [0.5, 0.6) is 0 Å². The minimum Gasteiger partial charge on any atom is -0.369 e. The van der Waals surface area contributed by atoms with Crippen molar-refractivity contribution in [3.05, 3.63) is 57.0 Å². The maximum Gasteiger partial charge on any atom is 0.295 e. The summed E-state index contributed by atoms with van der Waals surface area (Å²) in [4.78, 5) is 41.6. The van der Waals surface area contributed by atoms with Crippen molar-refractivity contribution >= 4 is 40.6 Å².